The van der Waals surface area contributed by atoms with E-state index in [-0.39, 0.29) is 0 Å². The van der Waals surface area contributed by atoms with Crippen molar-refractivity contribution in [3.8, 4) is 0 Å². The molecule has 2 N–H and O–H groups in total. The van der Waals surface area contributed by atoms with Gasteiger partial charge in [-0.15, -0.1) is 0 Å². The minimum atomic E-state index is 0.541. The van der Waals surface area contributed by atoms with Crippen LogP contribution in [0.3, 0.4) is 0 Å². The van der Waals surface area contributed by atoms with E-state index in [1.165, 1.54) is 0 Å². The molecule has 96 valence electrons. The van der Waals surface area contributed by atoms with Crippen LogP contribution in [0.2, 0.25) is 5.02 Å². The van der Waals surface area contributed by atoms with Crippen molar-refractivity contribution in [1.82, 2.24) is 9.55 Å². The summed E-state index contributed by atoms with van der Waals surface area (Å²) >= 11 is 5.90. The van der Waals surface area contributed by atoms with Gasteiger partial charge in [-0.2, -0.15) is 0 Å². The summed E-state index contributed by atoms with van der Waals surface area (Å²) in [7, 11) is 0. The number of para-hydroxylation sites is 1. The number of nitrogen functional groups attached to an aromatic ring is 1. The number of anilines is 1. The molecule has 0 aliphatic heterocycles. The summed E-state index contributed by atoms with van der Waals surface area (Å²) in [5.74, 6) is 0.541. The van der Waals surface area contributed by atoms with Crippen molar-refractivity contribution in [2.45, 2.75) is 13.5 Å². The number of fused-ring (bicyclic) bond motifs is 1. The van der Waals surface area contributed by atoms with E-state index in [0.29, 0.717) is 12.5 Å². The largest absolute Gasteiger partial charge is 0.369 e. The first-order valence-electron chi connectivity index (χ1n) is 6.11. The van der Waals surface area contributed by atoms with Crippen molar-refractivity contribution < 1.29 is 0 Å². The molecule has 0 aliphatic rings. The molecule has 3 aromatic rings. The Bertz CT molecular complexity index is 729. The third-order valence-corrected chi connectivity index (χ3v) is 3.52. The highest BCUT2D eigenvalue weighted by molar-refractivity contribution is 6.30. The maximum atomic E-state index is 6.03. The van der Waals surface area contributed by atoms with Crippen LogP contribution in [0.15, 0.2) is 42.5 Å². The van der Waals surface area contributed by atoms with Crippen LogP contribution in [0.4, 0.5) is 5.95 Å². The van der Waals surface area contributed by atoms with Crippen LogP contribution in [-0.4, -0.2) is 9.55 Å². The van der Waals surface area contributed by atoms with Crippen LogP contribution >= 0.6 is 11.6 Å². The Hall–Kier alpha value is -2.00. The Morgan fingerprint density at radius 1 is 1.16 bits per heavy atom. The topological polar surface area (TPSA) is 43.8 Å². The molecular formula is C15H14ClN3. The Balaban J connectivity index is 2.07. The molecule has 0 unspecified atom stereocenters. The first kappa shape index (κ1) is 12.1. The second-order valence-corrected chi connectivity index (χ2v) is 5.06. The summed E-state index contributed by atoms with van der Waals surface area (Å²) in [5, 5.41) is 0.739. The number of hydrogen-bond donors (Lipinski definition) is 1. The number of aromatic nitrogens is 2. The predicted molar refractivity (Wildman–Crippen MR) is 79.4 cm³/mol. The second-order valence-electron chi connectivity index (χ2n) is 4.63. The van der Waals surface area contributed by atoms with Gasteiger partial charge < -0.3 is 10.3 Å². The van der Waals surface area contributed by atoms with Crippen LogP contribution < -0.4 is 5.73 Å². The van der Waals surface area contributed by atoms with Gasteiger partial charge >= 0.3 is 0 Å². The van der Waals surface area contributed by atoms with Gasteiger partial charge in [0.05, 0.1) is 17.6 Å². The monoisotopic (exact) mass is 271 g/mol. The van der Waals surface area contributed by atoms with Gasteiger partial charge in [-0.05, 0) is 36.2 Å². The fourth-order valence-corrected chi connectivity index (χ4v) is 2.37. The molecule has 0 spiro atoms. The van der Waals surface area contributed by atoms with Crippen LogP contribution in [0.5, 0.6) is 0 Å². The number of nitrogens with zero attached hydrogens (tertiary/aromatic N) is 2. The number of imidazole rings is 1. The van der Waals surface area contributed by atoms with E-state index in [4.69, 9.17) is 17.3 Å². The third kappa shape index (κ3) is 2.17. The van der Waals surface area contributed by atoms with Gasteiger partial charge in [-0.1, -0.05) is 35.9 Å². The lowest BCUT2D eigenvalue weighted by molar-refractivity contribution is 0.838. The van der Waals surface area contributed by atoms with Crippen LogP contribution in [0.25, 0.3) is 11.0 Å². The van der Waals surface area contributed by atoms with Gasteiger partial charge in [-0.25, -0.2) is 4.98 Å². The van der Waals surface area contributed by atoms with Gasteiger partial charge in [0.2, 0.25) is 5.95 Å². The quantitative estimate of drug-likeness (QED) is 0.773. The highest BCUT2D eigenvalue weighted by atomic mass is 35.5. The van der Waals surface area contributed by atoms with Crippen LogP contribution in [-0.2, 0) is 6.54 Å². The Labute approximate surface area is 116 Å². The number of nitrogens with two attached hydrogens (primary N) is 1. The normalized spacial score (nSPS) is 11.1. The van der Waals surface area contributed by atoms with E-state index in [0.717, 1.165) is 27.2 Å². The SMILES string of the molecule is Cc1cccc2c1nc(N)n2Cc1ccc(Cl)cc1. The molecule has 0 aliphatic carbocycles. The van der Waals surface area contributed by atoms with Gasteiger partial charge in [0.15, 0.2) is 0 Å². The summed E-state index contributed by atoms with van der Waals surface area (Å²) in [6, 6.07) is 13.9. The maximum absolute atomic E-state index is 6.03. The Morgan fingerprint density at radius 3 is 2.63 bits per heavy atom. The summed E-state index contributed by atoms with van der Waals surface area (Å²) in [6.45, 7) is 2.74. The van der Waals surface area contributed by atoms with E-state index in [1.807, 2.05) is 54.0 Å². The highest BCUT2D eigenvalue weighted by Crippen LogP contribution is 2.22. The summed E-state index contributed by atoms with van der Waals surface area (Å²) in [5.41, 5.74) is 10.3. The highest BCUT2D eigenvalue weighted by Gasteiger charge is 2.09. The smallest absolute Gasteiger partial charge is 0.201 e. The zero-order valence-electron chi connectivity index (χ0n) is 10.6. The molecule has 1 aromatic heterocycles. The van der Waals surface area contributed by atoms with Crippen LogP contribution in [0, 0.1) is 6.92 Å². The first-order chi connectivity index (χ1) is 9.15. The van der Waals surface area contributed by atoms with Gasteiger partial charge in [0, 0.05) is 5.02 Å². The number of rotatable bonds is 2. The summed E-state index contributed by atoms with van der Waals surface area (Å²) < 4.78 is 2.02. The van der Waals surface area contributed by atoms with Crippen LogP contribution in [0.1, 0.15) is 11.1 Å². The van der Waals surface area contributed by atoms with E-state index < -0.39 is 0 Å². The molecule has 4 heteroatoms. The molecule has 0 amide bonds. The van der Waals surface area contributed by atoms with Crippen molar-refractivity contribution in [3.63, 3.8) is 0 Å². The fraction of sp³-hybridized carbons (Fsp3) is 0.133. The lowest BCUT2D eigenvalue weighted by atomic mass is 10.2. The molecule has 19 heavy (non-hydrogen) atoms. The van der Waals surface area contributed by atoms with Gasteiger partial charge in [0.1, 0.15) is 0 Å². The van der Waals surface area contributed by atoms with E-state index in [2.05, 4.69) is 4.98 Å². The zero-order chi connectivity index (χ0) is 13.4. The van der Waals surface area contributed by atoms with E-state index >= 15 is 0 Å². The second kappa shape index (κ2) is 4.59. The van der Waals surface area contributed by atoms with Crippen molar-refractivity contribution in [2.24, 2.45) is 0 Å². The molecule has 0 bridgehead atoms. The van der Waals surface area contributed by atoms with Crippen molar-refractivity contribution in [3.05, 3.63) is 58.6 Å². The predicted octanol–water partition coefficient (Wildman–Crippen LogP) is 3.63. The van der Waals surface area contributed by atoms with Gasteiger partial charge in [-0.3, -0.25) is 0 Å². The molecule has 3 rings (SSSR count). The molecular weight excluding hydrogens is 258 g/mol. The van der Waals surface area contributed by atoms with E-state index in [9.17, 15) is 0 Å². The Kier molecular flexibility index (Phi) is 2.91. The molecule has 0 radical (unpaired) electrons. The third-order valence-electron chi connectivity index (χ3n) is 3.26. The number of halogens is 1. The zero-order valence-corrected chi connectivity index (χ0v) is 11.4. The minimum Gasteiger partial charge on any atom is -0.369 e. The number of benzene rings is 2. The molecule has 1 heterocycles. The molecule has 0 saturated heterocycles. The lowest BCUT2D eigenvalue weighted by Crippen LogP contribution is -2.04. The van der Waals surface area contributed by atoms with Crippen molar-refractivity contribution in [1.29, 1.82) is 0 Å². The first-order valence-corrected chi connectivity index (χ1v) is 6.49. The number of hydrogen-bond acceptors (Lipinski definition) is 2. The minimum absolute atomic E-state index is 0.541. The Morgan fingerprint density at radius 2 is 1.89 bits per heavy atom. The standard InChI is InChI=1S/C15H14ClN3/c1-10-3-2-4-13-14(10)18-15(17)19(13)9-11-5-7-12(16)8-6-11/h2-8H,9H2,1H3,(H2,17,18). The lowest BCUT2D eigenvalue weighted by Gasteiger charge is -2.07. The molecule has 0 saturated carbocycles. The maximum Gasteiger partial charge on any atom is 0.201 e. The molecule has 0 fully saturated rings. The molecule has 0 atom stereocenters. The fourth-order valence-electron chi connectivity index (χ4n) is 2.24. The summed E-state index contributed by atoms with van der Waals surface area (Å²) in [6.07, 6.45) is 0. The molecule has 3 nitrogen and oxygen atoms in total. The molecule has 2 aromatic carbocycles. The van der Waals surface area contributed by atoms with Gasteiger partial charge in [0.25, 0.3) is 0 Å². The summed E-state index contributed by atoms with van der Waals surface area (Å²) in [4.78, 5) is 4.44. The average Bonchev–Trinajstić information content (AvgIpc) is 2.71. The van der Waals surface area contributed by atoms with Crippen molar-refractivity contribution in [2.75, 3.05) is 5.73 Å². The average molecular weight is 272 g/mol. The number of aryl methyl sites for hydroxylation is 1. The van der Waals surface area contributed by atoms with E-state index in [1.54, 1.807) is 0 Å². The van der Waals surface area contributed by atoms with Crippen molar-refractivity contribution >= 4 is 28.6 Å².